The Morgan fingerprint density at radius 1 is 1.21 bits per heavy atom. The van der Waals surface area contributed by atoms with Crippen LogP contribution in [0.3, 0.4) is 0 Å². The molecule has 2 aliphatic heterocycles. The van der Waals surface area contributed by atoms with Gasteiger partial charge in [-0.3, -0.25) is 4.79 Å². The van der Waals surface area contributed by atoms with Gasteiger partial charge >= 0.3 is 0 Å². The average molecular weight is 377 g/mol. The van der Waals surface area contributed by atoms with Crippen LogP contribution in [-0.4, -0.2) is 58.1 Å². The molecule has 5 rings (SSSR count). The second-order valence-corrected chi connectivity index (χ2v) is 7.49. The van der Waals surface area contributed by atoms with Gasteiger partial charge in [-0.25, -0.2) is 9.97 Å². The smallest absolute Gasteiger partial charge is 0.253 e. The number of rotatable bonds is 2. The van der Waals surface area contributed by atoms with Gasteiger partial charge in [-0.05, 0) is 30.5 Å². The maximum absolute atomic E-state index is 13.1. The molecular weight excluding hydrogens is 354 g/mol. The van der Waals surface area contributed by atoms with Crippen molar-refractivity contribution in [1.82, 2.24) is 19.9 Å². The van der Waals surface area contributed by atoms with E-state index in [-0.39, 0.29) is 5.91 Å². The first-order chi connectivity index (χ1) is 13.7. The van der Waals surface area contributed by atoms with Gasteiger partial charge in [0.25, 0.3) is 5.91 Å². The Morgan fingerprint density at radius 3 is 2.96 bits per heavy atom. The monoisotopic (exact) mass is 377 g/mol. The van der Waals surface area contributed by atoms with E-state index in [0.29, 0.717) is 26.2 Å². The van der Waals surface area contributed by atoms with Gasteiger partial charge in [-0.15, -0.1) is 0 Å². The Morgan fingerprint density at radius 2 is 2.07 bits per heavy atom. The zero-order valence-electron chi connectivity index (χ0n) is 15.9. The number of ether oxygens (including phenoxy) is 1. The summed E-state index contributed by atoms with van der Waals surface area (Å²) in [6, 6.07) is 10.4. The van der Waals surface area contributed by atoms with E-state index in [0.717, 1.165) is 35.5 Å². The van der Waals surface area contributed by atoms with Crippen LogP contribution in [0.5, 0.6) is 0 Å². The normalized spacial score (nSPS) is 19.7. The number of nitrogens with one attached hydrogen (secondary N) is 1. The van der Waals surface area contributed by atoms with Gasteiger partial charge in [0.1, 0.15) is 11.8 Å². The van der Waals surface area contributed by atoms with Gasteiger partial charge in [-0.1, -0.05) is 24.3 Å². The van der Waals surface area contributed by atoms with Crippen LogP contribution in [0.4, 0.5) is 5.82 Å². The minimum absolute atomic E-state index is 0.0622. The maximum Gasteiger partial charge on any atom is 0.253 e. The first-order valence-corrected chi connectivity index (χ1v) is 9.71. The van der Waals surface area contributed by atoms with Gasteiger partial charge in [0, 0.05) is 25.3 Å². The molecule has 2 aromatic heterocycles. The lowest BCUT2D eigenvalue weighted by atomic mass is 9.99. The van der Waals surface area contributed by atoms with E-state index in [1.807, 2.05) is 24.0 Å². The molecule has 0 bridgehead atoms. The van der Waals surface area contributed by atoms with E-state index in [4.69, 9.17) is 4.74 Å². The van der Waals surface area contributed by atoms with Crippen molar-refractivity contribution < 1.29 is 9.53 Å². The lowest BCUT2D eigenvalue weighted by Crippen LogP contribution is -2.52. The summed E-state index contributed by atoms with van der Waals surface area (Å²) in [6.45, 7) is 5.11. The number of aryl methyl sites for hydroxylation is 1. The third kappa shape index (κ3) is 3.01. The molecule has 28 heavy (non-hydrogen) atoms. The number of aromatic nitrogens is 3. The zero-order chi connectivity index (χ0) is 19.1. The molecule has 2 aliphatic rings. The summed E-state index contributed by atoms with van der Waals surface area (Å²) in [4.78, 5) is 29.3. The molecule has 144 valence electrons. The van der Waals surface area contributed by atoms with E-state index < -0.39 is 6.10 Å². The lowest BCUT2D eigenvalue weighted by molar-refractivity contribution is -0.145. The minimum Gasteiger partial charge on any atom is -0.365 e. The van der Waals surface area contributed by atoms with Crippen LogP contribution in [0, 0.1) is 6.92 Å². The number of aromatic amines is 1. The highest BCUT2D eigenvalue weighted by Crippen LogP contribution is 2.26. The summed E-state index contributed by atoms with van der Waals surface area (Å²) in [6.07, 6.45) is 2.01. The first-order valence-electron chi connectivity index (χ1n) is 9.71. The van der Waals surface area contributed by atoms with E-state index >= 15 is 0 Å². The lowest BCUT2D eigenvalue weighted by Gasteiger charge is -2.37. The van der Waals surface area contributed by atoms with Crippen molar-refractivity contribution >= 4 is 22.8 Å². The molecule has 1 fully saturated rings. The van der Waals surface area contributed by atoms with Crippen molar-refractivity contribution in [3.8, 4) is 0 Å². The van der Waals surface area contributed by atoms with Crippen molar-refractivity contribution in [2.75, 3.05) is 31.1 Å². The van der Waals surface area contributed by atoms with E-state index in [1.165, 1.54) is 11.1 Å². The van der Waals surface area contributed by atoms with Crippen molar-refractivity contribution in [2.45, 2.75) is 26.0 Å². The van der Waals surface area contributed by atoms with Crippen molar-refractivity contribution in [1.29, 1.82) is 0 Å². The van der Waals surface area contributed by atoms with Crippen LogP contribution in [0.1, 0.15) is 16.8 Å². The first kappa shape index (κ1) is 17.2. The summed E-state index contributed by atoms with van der Waals surface area (Å²) < 4.78 is 5.86. The molecule has 1 amide bonds. The fourth-order valence-corrected chi connectivity index (χ4v) is 4.18. The number of anilines is 1. The van der Waals surface area contributed by atoms with E-state index in [9.17, 15) is 4.79 Å². The largest absolute Gasteiger partial charge is 0.365 e. The van der Waals surface area contributed by atoms with Crippen molar-refractivity contribution in [2.24, 2.45) is 0 Å². The number of carbonyl (C=O) groups excluding carboxylic acids is 1. The fraction of sp³-hybridized carbons (Fsp3) is 0.381. The highest BCUT2D eigenvalue weighted by molar-refractivity contribution is 5.88. The van der Waals surface area contributed by atoms with Gasteiger partial charge in [0.05, 0.1) is 18.7 Å². The minimum atomic E-state index is -0.472. The Labute approximate surface area is 163 Å². The molecule has 0 aliphatic carbocycles. The predicted molar refractivity (Wildman–Crippen MR) is 106 cm³/mol. The number of benzene rings is 1. The number of H-pyrrole nitrogens is 1. The molecule has 3 aromatic rings. The summed E-state index contributed by atoms with van der Waals surface area (Å²) in [5.41, 5.74) is 5.42. The molecule has 7 heteroatoms. The van der Waals surface area contributed by atoms with Gasteiger partial charge in [0.15, 0.2) is 11.9 Å². The topological polar surface area (TPSA) is 74.3 Å². The second-order valence-electron chi connectivity index (χ2n) is 7.49. The fourth-order valence-electron chi connectivity index (χ4n) is 4.18. The molecule has 0 radical (unpaired) electrons. The molecule has 7 nitrogen and oxygen atoms in total. The highest BCUT2D eigenvalue weighted by Gasteiger charge is 2.33. The maximum atomic E-state index is 13.1. The van der Waals surface area contributed by atoms with Gasteiger partial charge in [0.2, 0.25) is 0 Å². The molecule has 1 saturated heterocycles. The van der Waals surface area contributed by atoms with Crippen LogP contribution < -0.4 is 4.90 Å². The van der Waals surface area contributed by atoms with Crippen molar-refractivity contribution in [3.05, 3.63) is 53.5 Å². The van der Waals surface area contributed by atoms with Crippen molar-refractivity contribution in [3.63, 3.8) is 0 Å². The average Bonchev–Trinajstić information content (AvgIpc) is 3.13. The Kier molecular flexibility index (Phi) is 4.24. The van der Waals surface area contributed by atoms with E-state index in [1.54, 1.807) is 6.33 Å². The van der Waals surface area contributed by atoms with Gasteiger partial charge in [-0.2, -0.15) is 0 Å². The number of nitrogens with zero attached hydrogens (tertiary/aromatic N) is 4. The molecule has 1 aromatic carbocycles. The quantitative estimate of drug-likeness (QED) is 0.740. The number of morpholine rings is 1. The summed E-state index contributed by atoms with van der Waals surface area (Å²) in [5.74, 6) is 0.898. The van der Waals surface area contributed by atoms with E-state index in [2.05, 4.69) is 38.1 Å². The summed E-state index contributed by atoms with van der Waals surface area (Å²) in [7, 11) is 0. The molecule has 0 spiro atoms. The molecule has 1 atom stereocenters. The third-order valence-electron chi connectivity index (χ3n) is 5.62. The predicted octanol–water partition coefficient (Wildman–Crippen LogP) is 2.06. The number of amides is 1. The van der Waals surface area contributed by atoms with Gasteiger partial charge < -0.3 is 19.5 Å². The molecular formula is C21H23N5O2. The third-order valence-corrected chi connectivity index (χ3v) is 5.62. The Hall–Kier alpha value is -2.93. The van der Waals surface area contributed by atoms with Crippen LogP contribution in [0.25, 0.3) is 11.0 Å². The van der Waals surface area contributed by atoms with Crippen LogP contribution in [0.15, 0.2) is 36.7 Å². The standard InChI is InChI=1S/C21H23N5O2/c1-14-10-17-19(24-14)20(23-13-22-17)25-8-9-28-18(12-25)21(27)26-7-6-15-4-2-3-5-16(15)11-26/h2-5,10,13,18,24H,6-9,11-12H2,1H3. The SMILES string of the molecule is Cc1cc2ncnc(N3CCOC(C(=O)N4CCc5ccccc5C4)C3)c2[nH]1. The van der Waals surface area contributed by atoms with Crippen LogP contribution in [-0.2, 0) is 22.5 Å². The zero-order valence-corrected chi connectivity index (χ0v) is 15.9. The van der Waals surface area contributed by atoms with Crippen LogP contribution >= 0.6 is 0 Å². The number of hydrogen-bond donors (Lipinski definition) is 1. The molecule has 1 N–H and O–H groups in total. The Balaban J connectivity index is 1.35. The second kappa shape index (κ2) is 6.91. The molecule has 1 unspecified atom stereocenters. The summed E-state index contributed by atoms with van der Waals surface area (Å²) in [5, 5.41) is 0. The summed E-state index contributed by atoms with van der Waals surface area (Å²) >= 11 is 0. The molecule has 0 saturated carbocycles. The highest BCUT2D eigenvalue weighted by atomic mass is 16.5. The Bertz CT molecular complexity index is 1030. The number of hydrogen-bond acceptors (Lipinski definition) is 5. The number of carbonyl (C=O) groups is 1. The number of fused-ring (bicyclic) bond motifs is 2. The van der Waals surface area contributed by atoms with Crippen LogP contribution in [0.2, 0.25) is 0 Å². The molecule has 4 heterocycles.